The number of halogens is 2. The van der Waals surface area contributed by atoms with Crippen molar-refractivity contribution in [3.8, 4) is 5.75 Å². The van der Waals surface area contributed by atoms with Crippen molar-refractivity contribution in [3.63, 3.8) is 0 Å². The Balaban J connectivity index is 2.04. The minimum absolute atomic E-state index is 0.111. The molecule has 8 nitrogen and oxygen atoms in total. The van der Waals surface area contributed by atoms with E-state index in [2.05, 4.69) is 10.6 Å². The van der Waals surface area contributed by atoms with E-state index in [1.54, 1.807) is 0 Å². The summed E-state index contributed by atoms with van der Waals surface area (Å²) < 4.78 is 40.1. The predicted octanol–water partition coefficient (Wildman–Crippen LogP) is 2.15. The van der Waals surface area contributed by atoms with Gasteiger partial charge in [0.1, 0.15) is 5.57 Å². The van der Waals surface area contributed by atoms with Crippen LogP contribution in [-0.2, 0) is 14.3 Å². The largest absolute Gasteiger partial charge is 0.491 e. The Morgan fingerprint density at radius 1 is 1.26 bits per heavy atom. The lowest BCUT2D eigenvalue weighted by molar-refractivity contribution is -0.137. The minimum atomic E-state index is -2.32. The number of hydrogen-bond donors (Lipinski definition) is 4. The summed E-state index contributed by atoms with van der Waals surface area (Å²) in [6.07, 6.45) is 6.32. The third-order valence-corrected chi connectivity index (χ3v) is 4.90. The maximum atomic E-state index is 14.3. The van der Waals surface area contributed by atoms with Crippen molar-refractivity contribution in [1.29, 1.82) is 0 Å². The molecule has 0 aliphatic carbocycles. The Morgan fingerprint density at radius 2 is 2.00 bits per heavy atom. The molecule has 2 atom stereocenters. The normalized spacial score (nSPS) is 23.5. The highest BCUT2D eigenvalue weighted by atomic mass is 19.1. The van der Waals surface area contributed by atoms with Crippen LogP contribution in [0.3, 0.4) is 0 Å². The van der Waals surface area contributed by atoms with Gasteiger partial charge in [-0.25, -0.2) is 18.4 Å². The van der Waals surface area contributed by atoms with Gasteiger partial charge in [-0.1, -0.05) is 6.07 Å². The van der Waals surface area contributed by atoms with Gasteiger partial charge in [0.2, 0.25) is 0 Å². The second kappa shape index (κ2) is 9.61. The summed E-state index contributed by atoms with van der Waals surface area (Å²) in [6, 6.07) is 2.99. The third-order valence-electron chi connectivity index (χ3n) is 4.90. The zero-order valence-corrected chi connectivity index (χ0v) is 16.4. The van der Waals surface area contributed by atoms with Gasteiger partial charge >= 0.3 is 11.9 Å². The molecule has 1 aromatic carbocycles. The first-order valence-electron chi connectivity index (χ1n) is 9.63. The van der Waals surface area contributed by atoms with Crippen molar-refractivity contribution in [2.45, 2.75) is 18.6 Å². The summed E-state index contributed by atoms with van der Waals surface area (Å²) in [6.45, 7) is 1.73. The van der Waals surface area contributed by atoms with E-state index < -0.39 is 40.6 Å². The molecule has 4 N–H and O–H groups in total. The number of rotatable bonds is 8. The van der Waals surface area contributed by atoms with E-state index in [0.717, 1.165) is 37.6 Å². The lowest BCUT2D eigenvalue weighted by atomic mass is 9.96. The molecule has 0 bridgehead atoms. The number of hydrogen-bond acceptors (Lipinski definition) is 6. The Labute approximate surface area is 176 Å². The number of dihydropyridines is 1. The molecular weight excluding hydrogens is 414 g/mol. The topological polar surface area (TPSA) is 117 Å². The fraction of sp³-hybridized carbons (Fsp3) is 0.333. The number of carboxylic acid groups (broad SMARTS) is 2. The zero-order chi connectivity index (χ0) is 22.4. The molecule has 0 spiro atoms. The van der Waals surface area contributed by atoms with E-state index in [-0.39, 0.29) is 18.3 Å². The number of carboxylic acids is 2. The number of aliphatic carboxylic acids is 2. The number of benzene rings is 1. The van der Waals surface area contributed by atoms with Crippen LogP contribution in [-0.4, -0.2) is 47.6 Å². The number of para-hydroxylation sites is 1. The van der Waals surface area contributed by atoms with E-state index in [0.29, 0.717) is 12.6 Å². The van der Waals surface area contributed by atoms with Gasteiger partial charge in [-0.2, -0.15) is 0 Å². The van der Waals surface area contributed by atoms with Gasteiger partial charge < -0.3 is 30.3 Å². The lowest BCUT2D eigenvalue weighted by Gasteiger charge is -2.38. The van der Waals surface area contributed by atoms with Gasteiger partial charge in [0.25, 0.3) is 5.72 Å². The van der Waals surface area contributed by atoms with Crippen molar-refractivity contribution < 1.29 is 38.1 Å². The summed E-state index contributed by atoms with van der Waals surface area (Å²) >= 11 is 0. The summed E-state index contributed by atoms with van der Waals surface area (Å²) in [5.74, 6) is -6.34. The van der Waals surface area contributed by atoms with Gasteiger partial charge in [-0.3, -0.25) is 0 Å². The standard InChI is InChI=1S/C21H22F2N2O6/c22-15-5-1-6-16(23)19(15)31-21(14(20(28)29)10-18(26)27)17(7-3-9-25-21)30-12-13-4-2-8-24-11-13/h1,3,5-7,9-10,13,24-25H,2,4,8,11-12H2,(H,26,27)(H,28,29)/b14-10-/t13?,21-/m0/s1. The van der Waals surface area contributed by atoms with Crippen LogP contribution in [0.1, 0.15) is 12.8 Å². The summed E-state index contributed by atoms with van der Waals surface area (Å²) in [5.41, 5.74) is -3.13. The van der Waals surface area contributed by atoms with E-state index in [1.807, 2.05) is 0 Å². The highest BCUT2D eigenvalue weighted by Gasteiger charge is 2.48. The number of nitrogens with one attached hydrogen (secondary N) is 2. The van der Waals surface area contributed by atoms with Crippen LogP contribution < -0.4 is 15.4 Å². The zero-order valence-electron chi connectivity index (χ0n) is 16.4. The van der Waals surface area contributed by atoms with Crippen LogP contribution in [0.4, 0.5) is 8.78 Å². The van der Waals surface area contributed by atoms with Gasteiger partial charge in [-0.15, -0.1) is 0 Å². The second-order valence-electron chi connectivity index (χ2n) is 7.09. The Bertz CT molecular complexity index is 920. The average molecular weight is 436 g/mol. The van der Waals surface area contributed by atoms with Crippen LogP contribution in [0.2, 0.25) is 0 Å². The highest BCUT2D eigenvalue weighted by molar-refractivity contribution is 5.97. The lowest BCUT2D eigenvalue weighted by Crippen LogP contribution is -2.55. The van der Waals surface area contributed by atoms with Crippen molar-refractivity contribution in [3.05, 3.63) is 65.6 Å². The molecule has 1 fully saturated rings. The van der Waals surface area contributed by atoms with E-state index in [4.69, 9.17) is 9.47 Å². The van der Waals surface area contributed by atoms with Gasteiger partial charge in [-0.05, 0) is 43.7 Å². The Hall–Kier alpha value is -3.40. The fourth-order valence-corrected chi connectivity index (χ4v) is 3.43. The Kier molecular flexibility index (Phi) is 6.91. The van der Waals surface area contributed by atoms with Crippen LogP contribution in [0.25, 0.3) is 0 Å². The van der Waals surface area contributed by atoms with Gasteiger partial charge in [0.15, 0.2) is 23.1 Å². The smallest absolute Gasteiger partial charge is 0.338 e. The van der Waals surface area contributed by atoms with Crippen molar-refractivity contribution in [1.82, 2.24) is 10.6 Å². The molecule has 0 amide bonds. The molecule has 10 heteroatoms. The van der Waals surface area contributed by atoms with Crippen LogP contribution in [0, 0.1) is 17.6 Å². The maximum absolute atomic E-state index is 14.3. The second-order valence-corrected chi connectivity index (χ2v) is 7.09. The SMILES string of the molecule is O=C(O)/C=C(/C(=O)O)[C@@]1(Oc2c(F)cccc2F)NC=CC=C1OCC1CCCNC1. The van der Waals surface area contributed by atoms with Crippen LogP contribution >= 0.6 is 0 Å². The van der Waals surface area contributed by atoms with Crippen LogP contribution in [0.5, 0.6) is 5.75 Å². The number of allylic oxidation sites excluding steroid dienone is 2. The monoisotopic (exact) mass is 436 g/mol. The summed E-state index contributed by atoms with van der Waals surface area (Å²) in [5, 5.41) is 24.8. The van der Waals surface area contributed by atoms with E-state index >= 15 is 0 Å². The summed E-state index contributed by atoms with van der Waals surface area (Å²) in [4.78, 5) is 23.3. The molecule has 31 heavy (non-hydrogen) atoms. The molecule has 0 aromatic heterocycles. The van der Waals surface area contributed by atoms with Crippen molar-refractivity contribution >= 4 is 11.9 Å². The highest BCUT2D eigenvalue weighted by Crippen LogP contribution is 2.35. The predicted molar refractivity (Wildman–Crippen MR) is 105 cm³/mol. The molecular formula is C21H22F2N2O6. The first-order valence-corrected chi connectivity index (χ1v) is 9.63. The number of piperidine rings is 1. The average Bonchev–Trinajstić information content (AvgIpc) is 2.74. The van der Waals surface area contributed by atoms with E-state index in [1.165, 1.54) is 18.4 Å². The Morgan fingerprint density at radius 3 is 2.61 bits per heavy atom. The third kappa shape index (κ3) is 5.02. The van der Waals surface area contributed by atoms with E-state index in [9.17, 15) is 28.6 Å². The molecule has 1 saturated heterocycles. The van der Waals surface area contributed by atoms with Crippen molar-refractivity contribution in [2.75, 3.05) is 19.7 Å². The first kappa shape index (κ1) is 22.3. The molecule has 0 radical (unpaired) electrons. The first-order chi connectivity index (χ1) is 14.8. The fourth-order valence-electron chi connectivity index (χ4n) is 3.43. The molecule has 1 unspecified atom stereocenters. The van der Waals surface area contributed by atoms with Crippen LogP contribution in [0.15, 0.2) is 54.0 Å². The minimum Gasteiger partial charge on any atom is -0.491 e. The number of ether oxygens (including phenoxy) is 2. The maximum Gasteiger partial charge on any atom is 0.338 e. The number of carbonyl (C=O) groups is 2. The molecule has 2 aliphatic heterocycles. The molecule has 1 aromatic rings. The molecule has 166 valence electrons. The van der Waals surface area contributed by atoms with Crippen molar-refractivity contribution in [2.24, 2.45) is 5.92 Å². The molecule has 3 rings (SSSR count). The molecule has 0 saturated carbocycles. The molecule has 2 aliphatic rings. The molecule has 2 heterocycles. The summed E-state index contributed by atoms with van der Waals surface area (Å²) in [7, 11) is 0. The van der Waals surface area contributed by atoms with Gasteiger partial charge in [0, 0.05) is 24.7 Å². The quantitative estimate of drug-likeness (QED) is 0.458. The van der Waals surface area contributed by atoms with Gasteiger partial charge in [0.05, 0.1) is 6.61 Å².